The van der Waals surface area contributed by atoms with Gasteiger partial charge in [-0.1, -0.05) is 0 Å². The molecule has 0 saturated carbocycles. The van der Waals surface area contributed by atoms with Crippen molar-refractivity contribution in [2.45, 2.75) is 6.54 Å². The van der Waals surface area contributed by atoms with E-state index >= 15 is 0 Å². The van der Waals surface area contributed by atoms with Crippen LogP contribution in [0, 0.1) is 5.82 Å². The van der Waals surface area contributed by atoms with Crippen LogP contribution in [0.5, 0.6) is 11.5 Å². The molecule has 0 heterocycles. The quantitative estimate of drug-likeness (QED) is 0.755. The van der Waals surface area contributed by atoms with E-state index in [2.05, 4.69) is 10.3 Å². The van der Waals surface area contributed by atoms with Gasteiger partial charge in [0.1, 0.15) is 5.82 Å². The average Bonchev–Trinajstić information content (AvgIpc) is 2.27. The molecule has 0 aliphatic heterocycles. The molecule has 0 fully saturated rings. The second-order valence-electron chi connectivity index (χ2n) is 2.79. The van der Waals surface area contributed by atoms with Crippen molar-refractivity contribution in [2.75, 3.05) is 21.3 Å². The van der Waals surface area contributed by atoms with Gasteiger partial charge in [0.15, 0.2) is 11.5 Å². The molecule has 0 bridgehead atoms. The highest BCUT2D eigenvalue weighted by molar-refractivity contribution is 5.47. The molecule has 0 atom stereocenters. The number of hydrogen-bond donors (Lipinski definition) is 1. The summed E-state index contributed by atoms with van der Waals surface area (Å²) < 4.78 is 23.6. The van der Waals surface area contributed by atoms with Gasteiger partial charge in [-0.3, -0.25) is 0 Å². The first kappa shape index (κ1) is 11.7. The number of benzene rings is 1. The zero-order valence-corrected chi connectivity index (χ0v) is 8.96. The van der Waals surface area contributed by atoms with Crippen molar-refractivity contribution in [3.63, 3.8) is 0 Å². The molecule has 0 unspecified atom stereocenters. The molecule has 1 rings (SSSR count). The fraction of sp³-hybridized carbons (Fsp3) is 0.400. The van der Waals surface area contributed by atoms with Gasteiger partial charge in [-0.15, -0.1) is 0 Å². The maximum atomic E-state index is 13.4. The van der Waals surface area contributed by atoms with Gasteiger partial charge in [0.05, 0.1) is 27.9 Å². The van der Waals surface area contributed by atoms with Crippen molar-refractivity contribution >= 4 is 0 Å². The Morgan fingerprint density at radius 2 is 1.93 bits per heavy atom. The van der Waals surface area contributed by atoms with Crippen molar-refractivity contribution in [3.8, 4) is 11.5 Å². The number of methoxy groups -OCH3 is 2. The standard InChI is InChI=1S/C10H14FNO3/c1-13-9-5-4-8(11)7(6-12-15-3)10(9)14-2/h4-5,12H,6H2,1-3H3. The smallest absolute Gasteiger partial charge is 0.168 e. The lowest BCUT2D eigenvalue weighted by atomic mass is 10.1. The lowest BCUT2D eigenvalue weighted by Gasteiger charge is -2.13. The van der Waals surface area contributed by atoms with Crippen molar-refractivity contribution in [1.29, 1.82) is 0 Å². The zero-order valence-electron chi connectivity index (χ0n) is 8.96. The third-order valence-corrected chi connectivity index (χ3v) is 1.98. The first-order valence-corrected chi connectivity index (χ1v) is 4.39. The summed E-state index contributed by atoms with van der Waals surface area (Å²) >= 11 is 0. The van der Waals surface area contributed by atoms with Gasteiger partial charge in [0.2, 0.25) is 0 Å². The number of rotatable bonds is 5. The zero-order chi connectivity index (χ0) is 11.3. The molecular weight excluding hydrogens is 201 g/mol. The van der Waals surface area contributed by atoms with Crippen LogP contribution in [0.15, 0.2) is 12.1 Å². The molecule has 0 saturated heterocycles. The van der Waals surface area contributed by atoms with E-state index < -0.39 is 0 Å². The average molecular weight is 215 g/mol. The largest absolute Gasteiger partial charge is 0.493 e. The number of hydroxylamine groups is 1. The summed E-state index contributed by atoms with van der Waals surface area (Å²) in [7, 11) is 4.43. The van der Waals surface area contributed by atoms with Crippen LogP contribution in [-0.4, -0.2) is 21.3 Å². The Labute approximate surface area is 87.9 Å². The van der Waals surface area contributed by atoms with E-state index in [1.165, 1.54) is 33.5 Å². The van der Waals surface area contributed by atoms with Crippen molar-refractivity contribution in [2.24, 2.45) is 0 Å². The summed E-state index contributed by atoms with van der Waals surface area (Å²) in [4.78, 5) is 4.66. The second-order valence-corrected chi connectivity index (χ2v) is 2.79. The third-order valence-electron chi connectivity index (χ3n) is 1.98. The summed E-state index contributed by atoms with van der Waals surface area (Å²) in [6.07, 6.45) is 0. The van der Waals surface area contributed by atoms with Crippen molar-refractivity contribution in [1.82, 2.24) is 5.48 Å². The molecule has 1 aromatic rings. The number of nitrogens with one attached hydrogen (secondary N) is 1. The van der Waals surface area contributed by atoms with Crippen molar-refractivity contribution in [3.05, 3.63) is 23.5 Å². The van der Waals surface area contributed by atoms with E-state index in [0.29, 0.717) is 17.1 Å². The lowest BCUT2D eigenvalue weighted by molar-refractivity contribution is 0.0852. The molecule has 4 nitrogen and oxygen atoms in total. The number of ether oxygens (including phenoxy) is 2. The Kier molecular flexibility index (Phi) is 4.33. The van der Waals surface area contributed by atoms with E-state index in [0.717, 1.165) is 0 Å². The van der Waals surface area contributed by atoms with Crippen LogP contribution in [0.2, 0.25) is 0 Å². The highest BCUT2D eigenvalue weighted by atomic mass is 19.1. The Morgan fingerprint density at radius 1 is 1.20 bits per heavy atom. The van der Waals surface area contributed by atoms with Crippen molar-refractivity contribution < 1.29 is 18.7 Å². The first-order chi connectivity index (χ1) is 7.24. The van der Waals surface area contributed by atoms with Crippen LogP contribution < -0.4 is 15.0 Å². The van der Waals surface area contributed by atoms with E-state index in [4.69, 9.17) is 9.47 Å². The SMILES string of the molecule is CONCc1c(F)ccc(OC)c1OC. The highest BCUT2D eigenvalue weighted by Crippen LogP contribution is 2.32. The summed E-state index contributed by atoms with van der Waals surface area (Å²) in [5, 5.41) is 0. The van der Waals surface area contributed by atoms with Crippen LogP contribution in [0.1, 0.15) is 5.56 Å². The van der Waals surface area contributed by atoms with E-state index in [9.17, 15) is 4.39 Å². The lowest BCUT2D eigenvalue weighted by Crippen LogP contribution is -2.13. The molecule has 15 heavy (non-hydrogen) atoms. The maximum absolute atomic E-state index is 13.4. The maximum Gasteiger partial charge on any atom is 0.168 e. The van der Waals surface area contributed by atoms with Crippen LogP contribution in [-0.2, 0) is 11.4 Å². The first-order valence-electron chi connectivity index (χ1n) is 4.39. The second kappa shape index (κ2) is 5.53. The minimum atomic E-state index is -0.364. The van der Waals surface area contributed by atoms with Gasteiger partial charge in [0.25, 0.3) is 0 Å². The van der Waals surface area contributed by atoms with Crippen LogP contribution in [0.25, 0.3) is 0 Å². The molecular formula is C10H14FNO3. The monoisotopic (exact) mass is 215 g/mol. The minimum absolute atomic E-state index is 0.211. The van der Waals surface area contributed by atoms with Crippen LogP contribution in [0.4, 0.5) is 4.39 Å². The van der Waals surface area contributed by atoms with Gasteiger partial charge in [-0.25, -0.2) is 4.39 Å². The molecule has 1 N–H and O–H groups in total. The highest BCUT2D eigenvalue weighted by Gasteiger charge is 2.14. The predicted octanol–water partition coefficient (Wildman–Crippen LogP) is 1.49. The van der Waals surface area contributed by atoms with Gasteiger partial charge in [-0.2, -0.15) is 5.48 Å². The van der Waals surface area contributed by atoms with Crippen LogP contribution in [0.3, 0.4) is 0 Å². The Morgan fingerprint density at radius 3 is 2.47 bits per heavy atom. The van der Waals surface area contributed by atoms with Gasteiger partial charge in [-0.05, 0) is 12.1 Å². The summed E-state index contributed by atoms with van der Waals surface area (Å²) in [6.45, 7) is 0.211. The molecule has 1 aromatic carbocycles. The van der Waals surface area contributed by atoms with Gasteiger partial charge >= 0.3 is 0 Å². The Hall–Kier alpha value is -1.33. The molecule has 5 heteroatoms. The molecule has 0 aliphatic rings. The Balaban J connectivity index is 3.07. The topological polar surface area (TPSA) is 39.7 Å². The molecule has 0 spiro atoms. The molecule has 0 aliphatic carbocycles. The van der Waals surface area contributed by atoms with Gasteiger partial charge < -0.3 is 14.3 Å². The Bertz CT molecular complexity index is 331. The number of halogens is 1. The van der Waals surface area contributed by atoms with E-state index in [1.54, 1.807) is 0 Å². The minimum Gasteiger partial charge on any atom is -0.493 e. The fourth-order valence-corrected chi connectivity index (χ4v) is 1.28. The summed E-state index contributed by atoms with van der Waals surface area (Å²) in [6, 6.07) is 2.85. The van der Waals surface area contributed by atoms with Gasteiger partial charge in [0, 0.05) is 5.56 Å². The number of hydrogen-bond acceptors (Lipinski definition) is 4. The summed E-state index contributed by atoms with van der Waals surface area (Å²) in [5.74, 6) is 0.506. The molecule has 0 aromatic heterocycles. The summed E-state index contributed by atoms with van der Waals surface area (Å²) in [5.41, 5.74) is 2.93. The normalized spacial score (nSPS) is 10.1. The third kappa shape index (κ3) is 2.57. The van der Waals surface area contributed by atoms with E-state index in [1.807, 2.05) is 0 Å². The molecule has 0 amide bonds. The molecule has 0 radical (unpaired) electrons. The van der Waals surface area contributed by atoms with E-state index in [-0.39, 0.29) is 12.4 Å². The molecule has 84 valence electrons. The predicted molar refractivity (Wildman–Crippen MR) is 53.4 cm³/mol. The van der Waals surface area contributed by atoms with Crippen LogP contribution >= 0.6 is 0 Å². The fourth-order valence-electron chi connectivity index (χ4n) is 1.28.